The van der Waals surface area contributed by atoms with Gasteiger partial charge in [-0.05, 0) is 61.6 Å². The zero-order valence-corrected chi connectivity index (χ0v) is 21.1. The van der Waals surface area contributed by atoms with Gasteiger partial charge in [-0.2, -0.15) is 26.3 Å². The van der Waals surface area contributed by atoms with Gasteiger partial charge in [0.1, 0.15) is 0 Å². The minimum Gasteiger partial charge on any atom is -0.365 e. The Kier molecular flexibility index (Phi) is 7.03. The van der Waals surface area contributed by atoms with Crippen molar-refractivity contribution in [3.05, 3.63) is 84.1 Å². The molecule has 2 aromatic carbocycles. The molecule has 3 N–H and O–H groups in total. The van der Waals surface area contributed by atoms with Gasteiger partial charge in [0.15, 0.2) is 5.72 Å². The van der Waals surface area contributed by atoms with Gasteiger partial charge in [-0.15, -0.1) is 6.58 Å². The molecule has 3 saturated heterocycles. The minimum absolute atomic E-state index is 0.0232. The largest absolute Gasteiger partial charge is 0.416 e. The topological polar surface area (TPSA) is 77.5 Å². The van der Waals surface area contributed by atoms with Crippen LogP contribution in [0.25, 0.3) is 10.9 Å². The lowest BCUT2D eigenvalue weighted by molar-refractivity contribution is -0.143. The number of carbonyl (C=O) groups excluding carboxylic acids is 1. The smallest absolute Gasteiger partial charge is 0.365 e. The second kappa shape index (κ2) is 10.1. The van der Waals surface area contributed by atoms with Gasteiger partial charge in [0, 0.05) is 29.4 Å². The van der Waals surface area contributed by atoms with Crippen LogP contribution in [0.2, 0.25) is 0 Å². The normalized spacial score (nSPS) is 24.4. The molecule has 0 radical (unpaired) electrons. The molecular formula is C28H26F6N4O2. The van der Waals surface area contributed by atoms with Crippen molar-refractivity contribution in [2.75, 3.05) is 18.4 Å². The molecule has 0 saturated carbocycles. The summed E-state index contributed by atoms with van der Waals surface area (Å²) < 4.78 is 80.1. The zero-order valence-electron chi connectivity index (χ0n) is 21.1. The SMILES string of the molecule is C=C[C@H]1CN2CC[C@H]1C[C@@H]2[C@@](O)(NC(=O)Nc1cc(C(F)(F)F)cc(C(F)(F)F)c1)c1ccnc2ccccc12. The van der Waals surface area contributed by atoms with Crippen LogP contribution in [-0.4, -0.2) is 40.2 Å². The van der Waals surface area contributed by atoms with Crippen LogP contribution in [0.3, 0.4) is 0 Å². The Bertz CT molecular complexity index is 1400. The van der Waals surface area contributed by atoms with Gasteiger partial charge < -0.3 is 15.7 Å². The van der Waals surface area contributed by atoms with E-state index >= 15 is 0 Å². The van der Waals surface area contributed by atoms with E-state index in [0.717, 1.165) is 6.42 Å². The van der Waals surface area contributed by atoms with Crippen molar-refractivity contribution < 1.29 is 36.2 Å². The van der Waals surface area contributed by atoms with Crippen molar-refractivity contribution >= 4 is 22.6 Å². The summed E-state index contributed by atoms with van der Waals surface area (Å²) >= 11 is 0. The van der Waals surface area contributed by atoms with E-state index < -0.39 is 47.0 Å². The predicted octanol–water partition coefficient (Wildman–Crippen LogP) is 6.14. The number of piperidine rings is 3. The third kappa shape index (κ3) is 5.25. The van der Waals surface area contributed by atoms with E-state index in [4.69, 9.17) is 0 Å². The zero-order chi connectivity index (χ0) is 28.9. The van der Waals surface area contributed by atoms with Gasteiger partial charge in [0.2, 0.25) is 0 Å². The van der Waals surface area contributed by atoms with Crippen LogP contribution in [0, 0.1) is 11.8 Å². The second-order valence-electron chi connectivity index (χ2n) is 10.2. The molecule has 3 aliphatic heterocycles. The van der Waals surface area contributed by atoms with Crippen molar-refractivity contribution in [1.82, 2.24) is 15.2 Å². The number of para-hydroxylation sites is 1. The van der Waals surface area contributed by atoms with Crippen LogP contribution in [0.4, 0.5) is 36.8 Å². The van der Waals surface area contributed by atoms with E-state index in [9.17, 15) is 36.2 Å². The number of fused-ring (bicyclic) bond motifs is 4. The summed E-state index contributed by atoms with van der Waals surface area (Å²) in [6, 6.07) is 7.47. The molecule has 1 aromatic heterocycles. The van der Waals surface area contributed by atoms with Crippen molar-refractivity contribution in [2.24, 2.45) is 11.8 Å². The summed E-state index contributed by atoms with van der Waals surface area (Å²) in [5, 5.41) is 17.4. The molecule has 212 valence electrons. The highest BCUT2D eigenvalue weighted by atomic mass is 19.4. The molecule has 12 heteroatoms. The second-order valence-corrected chi connectivity index (χ2v) is 10.2. The van der Waals surface area contributed by atoms with Crippen molar-refractivity contribution in [2.45, 2.75) is 37.0 Å². The number of pyridine rings is 1. The number of nitrogens with zero attached hydrogens (tertiary/aromatic N) is 2. The molecule has 6 rings (SSSR count). The molecule has 6 nitrogen and oxygen atoms in total. The van der Waals surface area contributed by atoms with Gasteiger partial charge in [-0.1, -0.05) is 24.3 Å². The number of hydrogen-bond donors (Lipinski definition) is 3. The maximum Gasteiger partial charge on any atom is 0.416 e. The first-order chi connectivity index (χ1) is 18.8. The van der Waals surface area contributed by atoms with Crippen LogP contribution in [0.15, 0.2) is 67.4 Å². The highest BCUT2D eigenvalue weighted by Crippen LogP contribution is 2.44. The number of hydrogen-bond acceptors (Lipinski definition) is 4. The van der Waals surface area contributed by atoms with E-state index in [0.29, 0.717) is 48.1 Å². The average molecular weight is 565 g/mol. The number of carbonyl (C=O) groups is 1. The molecule has 3 aromatic rings. The van der Waals surface area contributed by atoms with Gasteiger partial charge in [-0.3, -0.25) is 9.88 Å². The third-order valence-electron chi connectivity index (χ3n) is 7.80. The molecule has 0 aliphatic carbocycles. The fourth-order valence-corrected chi connectivity index (χ4v) is 5.89. The molecule has 1 unspecified atom stereocenters. The van der Waals surface area contributed by atoms with E-state index in [1.807, 2.05) is 11.0 Å². The summed E-state index contributed by atoms with van der Waals surface area (Å²) in [5.74, 6) is 0.359. The Labute approximate surface area is 225 Å². The summed E-state index contributed by atoms with van der Waals surface area (Å²) in [7, 11) is 0. The van der Waals surface area contributed by atoms with Crippen LogP contribution in [0.1, 0.15) is 29.5 Å². The molecule has 5 atom stereocenters. The first-order valence-corrected chi connectivity index (χ1v) is 12.6. The lowest BCUT2D eigenvalue weighted by atomic mass is 9.71. The first-order valence-electron chi connectivity index (χ1n) is 12.6. The van der Waals surface area contributed by atoms with Gasteiger partial charge >= 0.3 is 18.4 Å². The Morgan fingerprint density at radius 3 is 2.33 bits per heavy atom. The van der Waals surface area contributed by atoms with Crippen molar-refractivity contribution in [3.8, 4) is 0 Å². The molecule has 4 heterocycles. The van der Waals surface area contributed by atoms with Crippen LogP contribution >= 0.6 is 0 Å². The van der Waals surface area contributed by atoms with Crippen molar-refractivity contribution in [3.63, 3.8) is 0 Å². The number of aromatic nitrogens is 1. The van der Waals surface area contributed by atoms with E-state index in [2.05, 4.69) is 22.2 Å². The number of alkyl halides is 6. The lowest BCUT2D eigenvalue weighted by Crippen LogP contribution is -2.66. The van der Waals surface area contributed by atoms with Gasteiger partial charge in [-0.25, -0.2) is 4.79 Å². The third-order valence-corrected chi connectivity index (χ3v) is 7.80. The number of rotatable bonds is 5. The lowest BCUT2D eigenvalue weighted by Gasteiger charge is -2.54. The predicted molar refractivity (Wildman–Crippen MR) is 136 cm³/mol. The quantitative estimate of drug-likeness (QED) is 0.198. The average Bonchev–Trinajstić information content (AvgIpc) is 2.91. The molecule has 2 amide bonds. The number of halogens is 6. The standard InChI is InChI=1S/C28H26F6N4O2/c1-2-16-15-38-10-8-17(16)11-24(38)26(40,22-7-9-35-23-6-4-3-5-21(22)23)37-25(39)36-20-13-18(27(29,30)31)12-19(14-20)28(32,33)34/h2-7,9,12-14,16-17,24,40H,1,8,10-11,15H2,(H2,36,37,39)/t16-,17-,24+,26+/m0/s1. The Hall–Kier alpha value is -3.64. The maximum atomic E-state index is 13.4. The van der Waals surface area contributed by atoms with E-state index in [1.165, 1.54) is 6.20 Å². The molecule has 2 bridgehead atoms. The summed E-state index contributed by atoms with van der Waals surface area (Å²) in [6.45, 7) is 5.11. The van der Waals surface area contributed by atoms with Crippen molar-refractivity contribution in [1.29, 1.82) is 0 Å². The number of anilines is 1. The van der Waals surface area contributed by atoms with E-state index in [1.54, 1.807) is 30.3 Å². The maximum absolute atomic E-state index is 13.4. The number of benzene rings is 2. The minimum atomic E-state index is -5.08. The monoisotopic (exact) mass is 564 g/mol. The Balaban J connectivity index is 1.53. The number of urea groups is 1. The summed E-state index contributed by atoms with van der Waals surface area (Å²) in [6.07, 6.45) is -5.50. The fraction of sp³-hybridized carbons (Fsp3) is 0.357. The van der Waals surface area contributed by atoms with Crippen LogP contribution in [0.5, 0.6) is 0 Å². The summed E-state index contributed by atoms with van der Waals surface area (Å²) in [5.41, 5.74) is -5.09. The Morgan fingerprint density at radius 1 is 1.05 bits per heavy atom. The summed E-state index contributed by atoms with van der Waals surface area (Å²) in [4.78, 5) is 19.6. The molecule has 3 aliphatic rings. The van der Waals surface area contributed by atoms with E-state index in [-0.39, 0.29) is 17.9 Å². The molecular weight excluding hydrogens is 538 g/mol. The van der Waals surface area contributed by atoms with Crippen LogP contribution < -0.4 is 10.6 Å². The molecule has 0 spiro atoms. The van der Waals surface area contributed by atoms with Crippen LogP contribution in [-0.2, 0) is 18.1 Å². The highest BCUT2D eigenvalue weighted by Gasteiger charge is 2.51. The number of aliphatic hydroxyl groups is 1. The first kappa shape index (κ1) is 27.9. The fourth-order valence-electron chi connectivity index (χ4n) is 5.89. The number of nitrogens with one attached hydrogen (secondary N) is 2. The number of amides is 2. The Morgan fingerprint density at radius 2 is 1.73 bits per heavy atom. The highest BCUT2D eigenvalue weighted by molar-refractivity contribution is 5.91. The molecule has 3 fully saturated rings. The van der Waals surface area contributed by atoms with Gasteiger partial charge in [0.25, 0.3) is 0 Å². The van der Waals surface area contributed by atoms with Gasteiger partial charge in [0.05, 0.1) is 22.7 Å². The molecule has 40 heavy (non-hydrogen) atoms.